The van der Waals surface area contributed by atoms with Crippen molar-refractivity contribution in [3.8, 4) is 0 Å². The van der Waals surface area contributed by atoms with Crippen LogP contribution in [0.5, 0.6) is 0 Å². The summed E-state index contributed by atoms with van der Waals surface area (Å²) in [5.41, 5.74) is 7.66. The molecule has 2 aromatic carbocycles. The van der Waals surface area contributed by atoms with E-state index in [4.69, 9.17) is 29.6 Å². The second-order valence-corrected chi connectivity index (χ2v) is 8.85. The molecule has 0 radical (unpaired) electrons. The van der Waals surface area contributed by atoms with Crippen molar-refractivity contribution in [2.75, 3.05) is 0 Å². The van der Waals surface area contributed by atoms with Gasteiger partial charge in [0.2, 0.25) is 0 Å². The van der Waals surface area contributed by atoms with Gasteiger partial charge in [-0.1, -0.05) is 53.6 Å². The van der Waals surface area contributed by atoms with Gasteiger partial charge >= 0.3 is 0 Å². The third-order valence-electron chi connectivity index (χ3n) is 4.22. The number of thiocarbonyl (C=S) groups is 1. The fourth-order valence-corrected chi connectivity index (χ4v) is 5.74. The van der Waals surface area contributed by atoms with Crippen LogP contribution in [-0.2, 0) is 9.84 Å². The Labute approximate surface area is 146 Å². The highest BCUT2D eigenvalue weighted by atomic mass is 35.5. The summed E-state index contributed by atoms with van der Waals surface area (Å²) in [5.74, 6) is -0.590. The van der Waals surface area contributed by atoms with Crippen LogP contribution in [0.25, 0.3) is 0 Å². The summed E-state index contributed by atoms with van der Waals surface area (Å²) in [6.07, 6.45) is 0. The lowest BCUT2D eigenvalue weighted by molar-refractivity contribution is 0.593. The Kier molecular flexibility index (Phi) is 4.21. The summed E-state index contributed by atoms with van der Waals surface area (Å²) < 4.78 is 25.9. The average molecular weight is 366 g/mol. The molecular weight excluding hydrogens is 350 g/mol. The molecule has 0 heterocycles. The molecule has 2 N–H and O–H groups in total. The third-order valence-corrected chi connectivity index (χ3v) is 6.96. The monoisotopic (exact) mass is 365 g/mol. The van der Waals surface area contributed by atoms with Crippen LogP contribution in [-0.4, -0.2) is 18.7 Å². The number of rotatable bonds is 4. The SMILES string of the molecule is Cc1ccc(S(=O)(=O)[C@@H]2[C@@H](C(N)=S)[C@@H]2c2cccc(Cl)c2)cc1. The van der Waals surface area contributed by atoms with Crippen LogP contribution in [0.4, 0.5) is 0 Å². The molecule has 1 aliphatic carbocycles. The highest BCUT2D eigenvalue weighted by molar-refractivity contribution is 7.92. The van der Waals surface area contributed by atoms with Gasteiger partial charge in [0.15, 0.2) is 9.84 Å². The molecule has 2 aromatic rings. The Hall–Kier alpha value is -1.43. The van der Waals surface area contributed by atoms with E-state index in [0.717, 1.165) is 11.1 Å². The maximum absolute atomic E-state index is 12.9. The Morgan fingerprint density at radius 2 is 1.83 bits per heavy atom. The topological polar surface area (TPSA) is 60.2 Å². The molecule has 3 nitrogen and oxygen atoms in total. The van der Waals surface area contributed by atoms with Gasteiger partial charge < -0.3 is 5.73 Å². The molecule has 0 bridgehead atoms. The van der Waals surface area contributed by atoms with Crippen molar-refractivity contribution in [2.24, 2.45) is 11.7 Å². The van der Waals surface area contributed by atoms with Crippen LogP contribution in [0.15, 0.2) is 53.4 Å². The maximum Gasteiger partial charge on any atom is 0.182 e. The predicted molar refractivity (Wildman–Crippen MR) is 96.6 cm³/mol. The summed E-state index contributed by atoms with van der Waals surface area (Å²) >= 11 is 11.1. The zero-order valence-electron chi connectivity index (χ0n) is 12.4. The molecule has 1 aliphatic rings. The van der Waals surface area contributed by atoms with Crippen LogP contribution < -0.4 is 5.73 Å². The van der Waals surface area contributed by atoms with Crippen molar-refractivity contribution in [1.82, 2.24) is 0 Å². The number of benzene rings is 2. The van der Waals surface area contributed by atoms with E-state index < -0.39 is 15.1 Å². The molecule has 3 atom stereocenters. The van der Waals surface area contributed by atoms with Gasteiger partial charge in [0, 0.05) is 16.9 Å². The van der Waals surface area contributed by atoms with Crippen LogP contribution in [0, 0.1) is 12.8 Å². The van der Waals surface area contributed by atoms with Gasteiger partial charge in [0.25, 0.3) is 0 Å². The zero-order valence-corrected chi connectivity index (χ0v) is 14.8. The van der Waals surface area contributed by atoms with Crippen LogP contribution in [0.3, 0.4) is 0 Å². The van der Waals surface area contributed by atoms with Crippen molar-refractivity contribution >= 4 is 38.6 Å². The lowest BCUT2D eigenvalue weighted by Gasteiger charge is -2.05. The van der Waals surface area contributed by atoms with E-state index in [0.29, 0.717) is 9.92 Å². The molecule has 1 saturated carbocycles. The molecule has 1 fully saturated rings. The summed E-state index contributed by atoms with van der Waals surface area (Å²) in [5, 5.41) is -0.0521. The first kappa shape index (κ1) is 16.4. The Balaban J connectivity index is 2.00. The molecule has 23 heavy (non-hydrogen) atoms. The maximum atomic E-state index is 12.9. The Morgan fingerprint density at radius 3 is 2.39 bits per heavy atom. The number of sulfone groups is 1. The minimum absolute atomic E-state index is 0.232. The van der Waals surface area contributed by atoms with Gasteiger partial charge in [-0.05, 0) is 36.8 Å². The largest absolute Gasteiger partial charge is 0.393 e. The van der Waals surface area contributed by atoms with Crippen molar-refractivity contribution < 1.29 is 8.42 Å². The first-order chi connectivity index (χ1) is 10.8. The van der Waals surface area contributed by atoms with Gasteiger partial charge in [-0.25, -0.2) is 8.42 Å². The van der Waals surface area contributed by atoms with Crippen molar-refractivity contribution in [2.45, 2.75) is 23.0 Å². The summed E-state index contributed by atoms with van der Waals surface area (Å²) in [6, 6.07) is 14.1. The number of hydrogen-bond acceptors (Lipinski definition) is 3. The molecular formula is C17H16ClNO2S2. The van der Waals surface area contributed by atoms with Gasteiger partial charge in [-0.3, -0.25) is 0 Å². The number of hydrogen-bond donors (Lipinski definition) is 1. The Morgan fingerprint density at radius 1 is 1.17 bits per heavy atom. The number of halogens is 1. The van der Waals surface area contributed by atoms with E-state index in [2.05, 4.69) is 0 Å². The normalized spacial score (nSPS) is 23.5. The highest BCUT2D eigenvalue weighted by Gasteiger charge is 2.60. The second kappa shape index (κ2) is 5.89. The Bertz CT molecular complexity index is 862. The van der Waals surface area contributed by atoms with Crippen LogP contribution >= 0.6 is 23.8 Å². The fraction of sp³-hybridized carbons (Fsp3) is 0.235. The zero-order chi connectivity index (χ0) is 16.8. The molecule has 0 saturated heterocycles. The van der Waals surface area contributed by atoms with E-state index >= 15 is 0 Å². The molecule has 0 spiro atoms. The quantitative estimate of drug-likeness (QED) is 0.842. The molecule has 0 aromatic heterocycles. The predicted octanol–water partition coefficient (Wildman–Crippen LogP) is 3.49. The minimum atomic E-state index is -3.50. The molecule has 6 heteroatoms. The van der Waals surface area contributed by atoms with E-state index in [-0.39, 0.29) is 16.8 Å². The van der Waals surface area contributed by atoms with Gasteiger partial charge in [-0.2, -0.15) is 0 Å². The lowest BCUT2D eigenvalue weighted by Crippen LogP contribution is -2.17. The average Bonchev–Trinajstić information content (AvgIpc) is 3.24. The van der Waals surface area contributed by atoms with Crippen LogP contribution in [0.1, 0.15) is 17.0 Å². The van der Waals surface area contributed by atoms with Crippen molar-refractivity contribution in [3.63, 3.8) is 0 Å². The number of nitrogens with two attached hydrogens (primary N) is 1. The van der Waals surface area contributed by atoms with E-state index in [1.807, 2.05) is 19.1 Å². The van der Waals surface area contributed by atoms with Crippen molar-refractivity contribution in [1.29, 1.82) is 0 Å². The van der Waals surface area contributed by atoms with E-state index in [9.17, 15) is 8.42 Å². The highest BCUT2D eigenvalue weighted by Crippen LogP contribution is 2.54. The minimum Gasteiger partial charge on any atom is -0.393 e. The van der Waals surface area contributed by atoms with Gasteiger partial charge in [0.05, 0.1) is 15.1 Å². The van der Waals surface area contributed by atoms with E-state index in [1.165, 1.54) is 0 Å². The molecule has 120 valence electrons. The van der Waals surface area contributed by atoms with Crippen molar-refractivity contribution in [3.05, 3.63) is 64.7 Å². The fourth-order valence-electron chi connectivity index (χ4n) is 3.00. The molecule has 3 rings (SSSR count). The number of aryl methyl sites for hydroxylation is 1. The first-order valence-electron chi connectivity index (χ1n) is 7.18. The van der Waals surface area contributed by atoms with Gasteiger partial charge in [0.1, 0.15) is 0 Å². The molecule has 0 aliphatic heterocycles. The smallest absolute Gasteiger partial charge is 0.182 e. The van der Waals surface area contributed by atoms with Gasteiger partial charge in [-0.15, -0.1) is 0 Å². The summed E-state index contributed by atoms with van der Waals surface area (Å²) in [6.45, 7) is 1.92. The first-order valence-corrected chi connectivity index (χ1v) is 9.51. The third kappa shape index (κ3) is 3.01. The standard InChI is InChI=1S/C17H16ClNO2S2/c1-10-5-7-13(8-6-10)23(20,21)16-14(15(16)17(19)22)11-3-2-4-12(18)9-11/h2-9,14-16H,1H3,(H2,19,22)/t14-,15-,16-/m0/s1. The van der Waals surface area contributed by atoms with E-state index in [1.54, 1.807) is 36.4 Å². The summed E-state index contributed by atoms with van der Waals surface area (Å²) in [7, 11) is -3.50. The molecule has 0 unspecified atom stereocenters. The lowest BCUT2D eigenvalue weighted by atomic mass is 10.1. The second-order valence-electron chi connectivity index (χ2n) is 5.83. The molecule has 0 amide bonds. The summed E-state index contributed by atoms with van der Waals surface area (Å²) in [4.78, 5) is 0.537. The van der Waals surface area contributed by atoms with Crippen LogP contribution in [0.2, 0.25) is 5.02 Å².